The van der Waals surface area contributed by atoms with E-state index in [1.165, 1.54) is 24.3 Å². The normalized spacial score (nSPS) is 17.8. The van der Waals surface area contributed by atoms with E-state index in [2.05, 4.69) is 10.9 Å². The van der Waals surface area contributed by atoms with Gasteiger partial charge in [0.2, 0.25) is 5.91 Å². The summed E-state index contributed by atoms with van der Waals surface area (Å²) < 4.78 is 12.7. The molecule has 4 nitrogen and oxygen atoms in total. The molecule has 1 aromatic carbocycles. The number of allylic oxidation sites excluding steroid dienone is 2. The van der Waals surface area contributed by atoms with Gasteiger partial charge in [0.15, 0.2) is 0 Å². The highest BCUT2D eigenvalue weighted by Crippen LogP contribution is 2.17. The third-order valence-electron chi connectivity index (χ3n) is 3.05. The summed E-state index contributed by atoms with van der Waals surface area (Å²) in [6.45, 7) is 0. The molecular formula is C14H15FN2O2. The van der Waals surface area contributed by atoms with Gasteiger partial charge in [0.25, 0.3) is 5.91 Å². The van der Waals surface area contributed by atoms with Gasteiger partial charge in [0.1, 0.15) is 5.82 Å². The number of hydrogen-bond acceptors (Lipinski definition) is 2. The first-order chi connectivity index (χ1) is 9.16. The van der Waals surface area contributed by atoms with E-state index in [1.807, 2.05) is 12.2 Å². The highest BCUT2D eigenvalue weighted by atomic mass is 19.1. The fraction of sp³-hybridized carbons (Fsp3) is 0.286. The maximum absolute atomic E-state index is 12.7. The van der Waals surface area contributed by atoms with E-state index in [9.17, 15) is 14.0 Å². The summed E-state index contributed by atoms with van der Waals surface area (Å²) in [5.41, 5.74) is 5.03. The quantitative estimate of drug-likeness (QED) is 0.632. The van der Waals surface area contributed by atoms with E-state index in [4.69, 9.17) is 0 Å². The van der Waals surface area contributed by atoms with E-state index < -0.39 is 11.7 Å². The second-order valence-electron chi connectivity index (χ2n) is 4.43. The summed E-state index contributed by atoms with van der Waals surface area (Å²) in [5.74, 6) is -1.16. The standard InChI is InChI=1S/C14H15FN2O2/c15-12-8-6-11(7-9-12)14(19)17-16-13(18)10-4-2-1-3-5-10/h1-2,6-10H,3-5H2,(H,16,18)(H,17,19)/t10-/m0/s1. The molecule has 1 aliphatic carbocycles. The molecule has 1 aliphatic rings. The maximum Gasteiger partial charge on any atom is 0.269 e. The van der Waals surface area contributed by atoms with E-state index >= 15 is 0 Å². The number of amides is 2. The second kappa shape index (κ2) is 6.13. The van der Waals surface area contributed by atoms with Gasteiger partial charge in [0.05, 0.1) is 0 Å². The van der Waals surface area contributed by atoms with Crippen LogP contribution in [-0.2, 0) is 4.79 Å². The molecule has 5 heteroatoms. The smallest absolute Gasteiger partial charge is 0.269 e. The Morgan fingerprint density at radius 1 is 1.11 bits per heavy atom. The first-order valence-electron chi connectivity index (χ1n) is 6.17. The summed E-state index contributed by atoms with van der Waals surface area (Å²) in [6, 6.07) is 5.12. The van der Waals surface area contributed by atoms with Gasteiger partial charge in [-0.2, -0.15) is 0 Å². The van der Waals surface area contributed by atoms with Crippen molar-refractivity contribution < 1.29 is 14.0 Å². The average molecular weight is 262 g/mol. The van der Waals surface area contributed by atoms with Crippen molar-refractivity contribution in [1.82, 2.24) is 10.9 Å². The zero-order chi connectivity index (χ0) is 13.7. The molecule has 1 aromatic rings. The van der Waals surface area contributed by atoms with Gasteiger partial charge in [-0.05, 0) is 43.5 Å². The van der Waals surface area contributed by atoms with Gasteiger partial charge in [-0.15, -0.1) is 0 Å². The van der Waals surface area contributed by atoms with Crippen LogP contribution >= 0.6 is 0 Å². The molecule has 19 heavy (non-hydrogen) atoms. The van der Waals surface area contributed by atoms with E-state index in [-0.39, 0.29) is 11.8 Å². The predicted molar refractivity (Wildman–Crippen MR) is 68.5 cm³/mol. The van der Waals surface area contributed by atoms with Crippen LogP contribution < -0.4 is 10.9 Å². The Kier molecular flexibility index (Phi) is 4.28. The second-order valence-corrected chi connectivity index (χ2v) is 4.43. The Labute approximate surface area is 110 Å². The molecule has 0 aliphatic heterocycles. The number of halogens is 1. The summed E-state index contributed by atoms with van der Waals surface area (Å²) in [5, 5.41) is 0. The van der Waals surface area contributed by atoms with Crippen LogP contribution in [0.5, 0.6) is 0 Å². The molecule has 100 valence electrons. The van der Waals surface area contributed by atoms with Crippen LogP contribution in [0, 0.1) is 11.7 Å². The number of hydrogen-bond donors (Lipinski definition) is 2. The lowest BCUT2D eigenvalue weighted by atomic mass is 9.94. The Morgan fingerprint density at radius 2 is 1.84 bits per heavy atom. The van der Waals surface area contributed by atoms with Gasteiger partial charge in [-0.25, -0.2) is 4.39 Å². The average Bonchev–Trinajstić information content (AvgIpc) is 2.46. The summed E-state index contributed by atoms with van der Waals surface area (Å²) in [6.07, 6.45) is 6.37. The third kappa shape index (κ3) is 3.64. The summed E-state index contributed by atoms with van der Waals surface area (Å²) in [7, 11) is 0. The Morgan fingerprint density at radius 3 is 2.47 bits per heavy atom. The van der Waals surface area contributed by atoms with Crippen LogP contribution in [0.2, 0.25) is 0 Å². The van der Waals surface area contributed by atoms with Crippen molar-refractivity contribution in [3.05, 3.63) is 47.8 Å². The molecule has 0 unspecified atom stereocenters. The molecule has 0 saturated heterocycles. The lowest BCUT2D eigenvalue weighted by Crippen LogP contribution is -2.44. The first-order valence-corrected chi connectivity index (χ1v) is 6.17. The molecule has 0 heterocycles. The van der Waals surface area contributed by atoms with E-state index in [0.29, 0.717) is 12.0 Å². The van der Waals surface area contributed by atoms with Crippen molar-refractivity contribution in [1.29, 1.82) is 0 Å². The molecule has 0 fully saturated rings. The van der Waals surface area contributed by atoms with Gasteiger partial charge in [-0.1, -0.05) is 12.2 Å². The van der Waals surface area contributed by atoms with Crippen LogP contribution in [0.3, 0.4) is 0 Å². The van der Waals surface area contributed by atoms with Crippen LogP contribution in [0.15, 0.2) is 36.4 Å². The van der Waals surface area contributed by atoms with Crippen LogP contribution in [-0.4, -0.2) is 11.8 Å². The molecule has 0 aromatic heterocycles. The fourth-order valence-corrected chi connectivity index (χ4v) is 1.93. The minimum absolute atomic E-state index is 0.0986. The van der Waals surface area contributed by atoms with Crippen LogP contribution in [0.1, 0.15) is 29.6 Å². The number of carbonyl (C=O) groups is 2. The zero-order valence-corrected chi connectivity index (χ0v) is 10.4. The molecule has 0 bridgehead atoms. The van der Waals surface area contributed by atoms with Crippen LogP contribution in [0.25, 0.3) is 0 Å². The Bertz CT molecular complexity index is 497. The van der Waals surface area contributed by atoms with Gasteiger partial charge in [-0.3, -0.25) is 20.4 Å². The maximum atomic E-state index is 12.7. The lowest BCUT2D eigenvalue weighted by molar-refractivity contribution is -0.126. The number of nitrogens with one attached hydrogen (secondary N) is 2. The van der Waals surface area contributed by atoms with Crippen molar-refractivity contribution in [2.45, 2.75) is 19.3 Å². The molecule has 1 atom stereocenters. The number of hydrazine groups is 1. The minimum atomic E-state index is -0.459. The lowest BCUT2D eigenvalue weighted by Gasteiger charge is -2.17. The minimum Gasteiger partial charge on any atom is -0.273 e. The summed E-state index contributed by atoms with van der Waals surface area (Å²) in [4.78, 5) is 23.4. The highest BCUT2D eigenvalue weighted by Gasteiger charge is 2.19. The van der Waals surface area contributed by atoms with Gasteiger partial charge < -0.3 is 0 Å². The number of benzene rings is 1. The van der Waals surface area contributed by atoms with Crippen molar-refractivity contribution in [2.75, 3.05) is 0 Å². The molecule has 0 spiro atoms. The van der Waals surface area contributed by atoms with Crippen LogP contribution in [0.4, 0.5) is 4.39 Å². The Hall–Kier alpha value is -2.17. The van der Waals surface area contributed by atoms with Crippen molar-refractivity contribution in [2.24, 2.45) is 5.92 Å². The third-order valence-corrected chi connectivity index (χ3v) is 3.05. The first kappa shape index (κ1) is 13.3. The molecule has 0 saturated carbocycles. The molecule has 2 amide bonds. The summed E-state index contributed by atoms with van der Waals surface area (Å²) >= 11 is 0. The fourth-order valence-electron chi connectivity index (χ4n) is 1.93. The predicted octanol–water partition coefficient (Wildman–Crippen LogP) is 1.94. The monoisotopic (exact) mass is 262 g/mol. The van der Waals surface area contributed by atoms with Gasteiger partial charge >= 0.3 is 0 Å². The van der Waals surface area contributed by atoms with E-state index in [0.717, 1.165) is 12.8 Å². The topological polar surface area (TPSA) is 58.2 Å². The van der Waals surface area contributed by atoms with Crippen molar-refractivity contribution >= 4 is 11.8 Å². The van der Waals surface area contributed by atoms with Gasteiger partial charge in [0, 0.05) is 11.5 Å². The molecule has 0 radical (unpaired) electrons. The number of rotatable bonds is 2. The SMILES string of the molecule is O=C(NNC(=O)[C@H]1CC=CCC1)c1ccc(F)cc1. The molecular weight excluding hydrogens is 247 g/mol. The largest absolute Gasteiger partial charge is 0.273 e. The van der Waals surface area contributed by atoms with Crippen molar-refractivity contribution in [3.8, 4) is 0 Å². The molecule has 2 N–H and O–H groups in total. The van der Waals surface area contributed by atoms with E-state index in [1.54, 1.807) is 0 Å². The highest BCUT2D eigenvalue weighted by molar-refractivity contribution is 5.95. The zero-order valence-electron chi connectivity index (χ0n) is 10.4. The Balaban J connectivity index is 1.84. The van der Waals surface area contributed by atoms with Crippen molar-refractivity contribution in [3.63, 3.8) is 0 Å². The molecule has 2 rings (SSSR count). The number of carbonyl (C=O) groups excluding carboxylic acids is 2.